The van der Waals surface area contributed by atoms with Crippen LogP contribution in [0, 0.1) is 0 Å². The van der Waals surface area contributed by atoms with Gasteiger partial charge >= 0.3 is 0 Å². The van der Waals surface area contributed by atoms with Crippen LogP contribution in [0.5, 0.6) is 5.75 Å². The Kier molecular flexibility index (Phi) is 5.24. The van der Waals surface area contributed by atoms with Crippen molar-refractivity contribution in [1.29, 1.82) is 0 Å². The van der Waals surface area contributed by atoms with Gasteiger partial charge in [-0.1, -0.05) is 23.7 Å². The number of carbonyl (C=O) groups is 2. The standard InChI is InChI=1S/C19H19ClN2O3/c1-25-15-7-4-13(5-8-15)11-18(23)21-17-12-14(6-9-16(17)20)22-10-2-3-19(22)24/h4-9,12H,2-3,10-11H2,1H3,(H,21,23). The number of carbonyl (C=O) groups excluding carboxylic acids is 2. The fraction of sp³-hybridized carbons (Fsp3) is 0.263. The molecule has 0 aromatic heterocycles. The first-order valence-electron chi connectivity index (χ1n) is 8.09. The Balaban J connectivity index is 1.70. The molecule has 2 aromatic carbocycles. The van der Waals surface area contributed by atoms with Gasteiger partial charge in [-0.25, -0.2) is 0 Å². The van der Waals surface area contributed by atoms with E-state index in [-0.39, 0.29) is 18.2 Å². The predicted octanol–water partition coefficient (Wildman–Crippen LogP) is 3.66. The van der Waals surface area contributed by atoms with Gasteiger partial charge in [0.25, 0.3) is 0 Å². The van der Waals surface area contributed by atoms with Gasteiger partial charge in [-0.2, -0.15) is 0 Å². The molecule has 0 unspecified atom stereocenters. The maximum Gasteiger partial charge on any atom is 0.228 e. The smallest absolute Gasteiger partial charge is 0.228 e. The number of methoxy groups -OCH3 is 1. The largest absolute Gasteiger partial charge is 0.497 e. The van der Waals surface area contributed by atoms with E-state index in [9.17, 15) is 9.59 Å². The monoisotopic (exact) mass is 358 g/mol. The van der Waals surface area contributed by atoms with Gasteiger partial charge in [-0.15, -0.1) is 0 Å². The minimum atomic E-state index is -0.169. The van der Waals surface area contributed by atoms with Gasteiger partial charge in [-0.3, -0.25) is 9.59 Å². The second-order valence-electron chi connectivity index (χ2n) is 5.89. The van der Waals surface area contributed by atoms with Crippen molar-refractivity contribution in [3.8, 4) is 5.75 Å². The molecule has 1 aliphatic rings. The van der Waals surface area contributed by atoms with Crippen LogP contribution < -0.4 is 15.0 Å². The number of nitrogens with zero attached hydrogens (tertiary/aromatic N) is 1. The number of benzene rings is 2. The first-order chi connectivity index (χ1) is 12.1. The van der Waals surface area contributed by atoms with E-state index in [0.717, 1.165) is 23.4 Å². The van der Waals surface area contributed by atoms with Crippen LogP contribution in [0.3, 0.4) is 0 Å². The van der Waals surface area contributed by atoms with Gasteiger partial charge in [0.05, 0.1) is 24.2 Å². The Morgan fingerprint density at radius 3 is 2.64 bits per heavy atom. The lowest BCUT2D eigenvalue weighted by Gasteiger charge is -2.17. The molecule has 1 N–H and O–H groups in total. The zero-order valence-electron chi connectivity index (χ0n) is 13.9. The highest BCUT2D eigenvalue weighted by Gasteiger charge is 2.22. The summed E-state index contributed by atoms with van der Waals surface area (Å²) in [5.41, 5.74) is 2.14. The van der Waals surface area contributed by atoms with E-state index < -0.39 is 0 Å². The lowest BCUT2D eigenvalue weighted by molar-refractivity contribution is -0.117. The number of ether oxygens (including phenoxy) is 1. The summed E-state index contributed by atoms with van der Waals surface area (Å²) in [5, 5.41) is 3.27. The van der Waals surface area contributed by atoms with E-state index in [0.29, 0.717) is 23.7 Å². The molecule has 0 radical (unpaired) electrons. The van der Waals surface area contributed by atoms with Crippen molar-refractivity contribution in [2.75, 3.05) is 23.9 Å². The number of nitrogens with one attached hydrogen (secondary N) is 1. The van der Waals surface area contributed by atoms with Crippen LogP contribution in [0.4, 0.5) is 11.4 Å². The maximum atomic E-state index is 12.3. The molecule has 1 saturated heterocycles. The predicted molar refractivity (Wildman–Crippen MR) is 98.4 cm³/mol. The van der Waals surface area contributed by atoms with Crippen LogP contribution in [-0.4, -0.2) is 25.5 Å². The van der Waals surface area contributed by atoms with Crippen LogP contribution in [0.2, 0.25) is 5.02 Å². The summed E-state index contributed by atoms with van der Waals surface area (Å²) in [6, 6.07) is 12.6. The zero-order chi connectivity index (χ0) is 17.8. The minimum Gasteiger partial charge on any atom is -0.497 e. The van der Waals surface area contributed by atoms with Crippen LogP contribution in [-0.2, 0) is 16.0 Å². The molecule has 25 heavy (non-hydrogen) atoms. The van der Waals surface area contributed by atoms with Crippen LogP contribution in [0.1, 0.15) is 18.4 Å². The summed E-state index contributed by atoms with van der Waals surface area (Å²) in [7, 11) is 1.60. The van der Waals surface area contributed by atoms with E-state index >= 15 is 0 Å². The topological polar surface area (TPSA) is 58.6 Å². The van der Waals surface area contributed by atoms with Crippen molar-refractivity contribution >= 4 is 34.8 Å². The first-order valence-corrected chi connectivity index (χ1v) is 8.47. The quantitative estimate of drug-likeness (QED) is 0.887. The Morgan fingerprint density at radius 2 is 2.00 bits per heavy atom. The molecule has 0 aliphatic carbocycles. The van der Waals surface area contributed by atoms with Gasteiger partial charge in [0, 0.05) is 18.7 Å². The second kappa shape index (κ2) is 7.57. The normalized spacial score (nSPS) is 13.8. The van der Waals surface area contributed by atoms with Crippen LogP contribution in [0.25, 0.3) is 0 Å². The third-order valence-corrected chi connectivity index (χ3v) is 4.46. The number of amides is 2. The molecular weight excluding hydrogens is 340 g/mol. The lowest BCUT2D eigenvalue weighted by Crippen LogP contribution is -2.24. The lowest BCUT2D eigenvalue weighted by atomic mass is 10.1. The number of anilines is 2. The van der Waals surface area contributed by atoms with Gasteiger partial charge in [0.15, 0.2) is 0 Å². The molecule has 3 rings (SSSR count). The first kappa shape index (κ1) is 17.3. The SMILES string of the molecule is COc1ccc(CC(=O)Nc2cc(N3CCCC3=O)ccc2Cl)cc1. The summed E-state index contributed by atoms with van der Waals surface area (Å²) in [5.74, 6) is 0.671. The molecule has 6 heteroatoms. The Labute approximate surface area is 151 Å². The Hall–Kier alpha value is -2.53. The van der Waals surface area contributed by atoms with Gasteiger partial charge in [0.1, 0.15) is 5.75 Å². The molecule has 2 aromatic rings. The summed E-state index contributed by atoms with van der Waals surface area (Å²) in [6.45, 7) is 0.694. The Morgan fingerprint density at radius 1 is 1.24 bits per heavy atom. The van der Waals surface area contributed by atoms with E-state index in [1.165, 1.54) is 0 Å². The maximum absolute atomic E-state index is 12.3. The van der Waals surface area contributed by atoms with Crippen LogP contribution in [0.15, 0.2) is 42.5 Å². The second-order valence-corrected chi connectivity index (χ2v) is 6.29. The summed E-state index contributed by atoms with van der Waals surface area (Å²) in [6.07, 6.45) is 1.63. The average Bonchev–Trinajstić information content (AvgIpc) is 3.03. The molecular formula is C19H19ClN2O3. The molecule has 0 bridgehead atoms. The highest BCUT2D eigenvalue weighted by atomic mass is 35.5. The van der Waals surface area contributed by atoms with Crippen molar-refractivity contribution in [2.24, 2.45) is 0 Å². The van der Waals surface area contributed by atoms with E-state index in [4.69, 9.17) is 16.3 Å². The molecule has 0 saturated carbocycles. The number of halogens is 1. The fourth-order valence-corrected chi connectivity index (χ4v) is 2.99. The molecule has 1 heterocycles. The van der Waals surface area contributed by atoms with Crippen molar-refractivity contribution in [3.05, 3.63) is 53.1 Å². The molecule has 130 valence electrons. The highest BCUT2D eigenvalue weighted by molar-refractivity contribution is 6.33. The van der Waals surface area contributed by atoms with Crippen molar-refractivity contribution in [1.82, 2.24) is 0 Å². The van der Waals surface area contributed by atoms with E-state index in [1.807, 2.05) is 24.3 Å². The number of rotatable bonds is 5. The number of hydrogen-bond donors (Lipinski definition) is 1. The zero-order valence-corrected chi connectivity index (χ0v) is 14.7. The minimum absolute atomic E-state index is 0.0952. The van der Waals surface area contributed by atoms with Gasteiger partial charge in [0.2, 0.25) is 11.8 Å². The van der Waals surface area contributed by atoms with E-state index in [1.54, 1.807) is 30.2 Å². The Bertz CT molecular complexity index is 790. The van der Waals surface area contributed by atoms with E-state index in [2.05, 4.69) is 5.32 Å². The van der Waals surface area contributed by atoms with Gasteiger partial charge in [-0.05, 0) is 42.3 Å². The van der Waals surface area contributed by atoms with Crippen molar-refractivity contribution in [3.63, 3.8) is 0 Å². The summed E-state index contributed by atoms with van der Waals surface area (Å²) < 4.78 is 5.11. The molecule has 1 fully saturated rings. The molecule has 5 nitrogen and oxygen atoms in total. The molecule has 0 atom stereocenters. The van der Waals surface area contributed by atoms with Gasteiger partial charge < -0.3 is 15.0 Å². The molecule has 0 spiro atoms. The average molecular weight is 359 g/mol. The number of hydrogen-bond acceptors (Lipinski definition) is 3. The highest BCUT2D eigenvalue weighted by Crippen LogP contribution is 2.30. The third kappa shape index (κ3) is 4.12. The van der Waals surface area contributed by atoms with Crippen molar-refractivity contribution in [2.45, 2.75) is 19.3 Å². The molecule has 1 aliphatic heterocycles. The van der Waals surface area contributed by atoms with Crippen LogP contribution >= 0.6 is 11.6 Å². The summed E-state index contributed by atoms with van der Waals surface area (Å²) in [4.78, 5) is 25.9. The fourth-order valence-electron chi connectivity index (χ4n) is 2.82. The molecule has 2 amide bonds. The summed E-state index contributed by atoms with van der Waals surface area (Å²) >= 11 is 6.19. The third-order valence-electron chi connectivity index (χ3n) is 4.13. The van der Waals surface area contributed by atoms with Crippen molar-refractivity contribution < 1.29 is 14.3 Å².